The molecular formula is C7H4F4INO. The standard InChI is InChI=1S/C7H4F4INO/c1-3-4(14-7(9,10)11)2-5(12)13-6(3)8/h2H,1H3. The largest absolute Gasteiger partial charge is 0.573 e. The summed E-state index contributed by atoms with van der Waals surface area (Å²) >= 11 is 1.60. The van der Waals surface area contributed by atoms with Crippen molar-refractivity contribution in [2.75, 3.05) is 0 Å². The number of ether oxygens (including phenoxy) is 1. The van der Waals surface area contributed by atoms with Gasteiger partial charge in [-0.3, -0.25) is 0 Å². The summed E-state index contributed by atoms with van der Waals surface area (Å²) in [5.41, 5.74) is -0.261. The molecule has 7 heteroatoms. The third kappa shape index (κ3) is 2.96. The van der Waals surface area contributed by atoms with Gasteiger partial charge in [-0.25, -0.2) is 4.98 Å². The summed E-state index contributed by atoms with van der Waals surface area (Å²) in [6.45, 7) is 1.17. The smallest absolute Gasteiger partial charge is 0.405 e. The molecule has 0 atom stereocenters. The molecule has 0 N–H and O–H groups in total. The second-order valence-corrected chi connectivity index (χ2v) is 3.51. The van der Waals surface area contributed by atoms with Gasteiger partial charge in [0.1, 0.15) is 9.45 Å². The molecule has 0 aromatic carbocycles. The Morgan fingerprint density at radius 3 is 2.50 bits per heavy atom. The third-order valence-corrected chi connectivity index (χ3v) is 1.91. The summed E-state index contributed by atoms with van der Waals surface area (Å²) in [4.78, 5) is 3.34. The van der Waals surface area contributed by atoms with Crippen molar-refractivity contribution in [1.29, 1.82) is 0 Å². The number of hydrogen-bond donors (Lipinski definition) is 0. The second-order valence-electron chi connectivity index (χ2n) is 2.41. The van der Waals surface area contributed by atoms with Crippen molar-refractivity contribution in [3.8, 4) is 5.75 Å². The monoisotopic (exact) mass is 321 g/mol. The number of alkyl halides is 3. The molecule has 0 saturated carbocycles. The molecule has 0 bridgehead atoms. The molecule has 1 aromatic heterocycles. The molecule has 0 fully saturated rings. The van der Waals surface area contributed by atoms with Gasteiger partial charge in [0.15, 0.2) is 0 Å². The van der Waals surface area contributed by atoms with Crippen LogP contribution in [0.2, 0.25) is 0 Å². The summed E-state index contributed by atoms with van der Waals surface area (Å²) in [6.07, 6.45) is -4.82. The van der Waals surface area contributed by atoms with E-state index in [1.165, 1.54) is 6.92 Å². The van der Waals surface area contributed by atoms with Crippen LogP contribution in [0.25, 0.3) is 0 Å². The van der Waals surface area contributed by atoms with Crippen molar-refractivity contribution in [2.24, 2.45) is 0 Å². The van der Waals surface area contributed by atoms with Gasteiger partial charge < -0.3 is 4.74 Å². The zero-order valence-electron chi connectivity index (χ0n) is 6.82. The average Bonchev–Trinajstić information content (AvgIpc) is 1.96. The summed E-state index contributed by atoms with van der Waals surface area (Å²) in [5, 5.41) is 0. The van der Waals surface area contributed by atoms with Crippen LogP contribution in [-0.4, -0.2) is 11.3 Å². The van der Waals surface area contributed by atoms with Crippen LogP contribution < -0.4 is 4.74 Å². The molecule has 0 saturated heterocycles. The number of hydrogen-bond acceptors (Lipinski definition) is 2. The summed E-state index contributed by atoms with van der Waals surface area (Å²) in [6, 6.07) is 1.02. The van der Waals surface area contributed by atoms with Crippen LogP contribution >= 0.6 is 22.6 Å². The fourth-order valence-electron chi connectivity index (χ4n) is 0.759. The molecule has 2 nitrogen and oxygen atoms in total. The topological polar surface area (TPSA) is 22.1 Å². The van der Waals surface area contributed by atoms with Crippen LogP contribution in [-0.2, 0) is 0 Å². The first-order valence-corrected chi connectivity index (χ1v) is 4.46. The lowest BCUT2D eigenvalue weighted by molar-refractivity contribution is -0.274. The summed E-state index contributed by atoms with van der Waals surface area (Å²) < 4.78 is 52.0. The lowest BCUT2D eigenvalue weighted by Crippen LogP contribution is -2.18. The third-order valence-electron chi connectivity index (χ3n) is 1.36. The van der Waals surface area contributed by atoms with Crippen LogP contribution in [0.5, 0.6) is 5.75 Å². The normalized spacial score (nSPS) is 11.6. The van der Waals surface area contributed by atoms with Crippen LogP contribution in [0.15, 0.2) is 6.07 Å². The van der Waals surface area contributed by atoms with Crippen molar-refractivity contribution in [1.82, 2.24) is 4.98 Å². The molecule has 1 rings (SSSR count). The Hall–Kier alpha value is -0.600. The lowest BCUT2D eigenvalue weighted by Gasteiger charge is -2.11. The van der Waals surface area contributed by atoms with E-state index in [0.29, 0.717) is 0 Å². The molecule has 0 aliphatic carbocycles. The molecule has 14 heavy (non-hydrogen) atoms. The van der Waals surface area contributed by atoms with Gasteiger partial charge in [-0.1, -0.05) is 0 Å². The van der Waals surface area contributed by atoms with Crippen molar-refractivity contribution in [3.05, 3.63) is 21.3 Å². The predicted octanol–water partition coefficient (Wildman–Crippen LogP) is 3.03. The maximum atomic E-state index is 12.9. The zero-order valence-corrected chi connectivity index (χ0v) is 8.98. The van der Waals surface area contributed by atoms with Crippen molar-refractivity contribution < 1.29 is 22.3 Å². The highest BCUT2D eigenvalue weighted by Gasteiger charge is 2.32. The minimum atomic E-state index is -4.82. The minimum absolute atomic E-state index is 0.102. The van der Waals surface area contributed by atoms with E-state index in [-0.39, 0.29) is 9.26 Å². The van der Waals surface area contributed by atoms with Crippen LogP contribution in [0.4, 0.5) is 17.6 Å². The van der Waals surface area contributed by atoms with Gasteiger partial charge in [0.2, 0.25) is 5.95 Å². The fraction of sp³-hybridized carbons (Fsp3) is 0.286. The van der Waals surface area contributed by atoms with E-state index in [9.17, 15) is 17.6 Å². The molecule has 0 spiro atoms. The van der Waals surface area contributed by atoms with Gasteiger partial charge in [0.05, 0.1) is 0 Å². The molecule has 1 heterocycles. The number of aromatic nitrogens is 1. The number of pyridine rings is 1. The van der Waals surface area contributed by atoms with Gasteiger partial charge in [-0.05, 0) is 29.5 Å². The molecular weight excluding hydrogens is 317 g/mol. The first-order chi connectivity index (χ1) is 6.29. The lowest BCUT2D eigenvalue weighted by atomic mass is 10.3. The predicted molar refractivity (Wildman–Crippen MR) is 48.3 cm³/mol. The van der Waals surface area contributed by atoms with Gasteiger partial charge in [0, 0.05) is 11.6 Å². The highest BCUT2D eigenvalue weighted by atomic mass is 127. The van der Waals surface area contributed by atoms with Crippen LogP contribution in [0, 0.1) is 16.6 Å². The number of nitrogens with zero attached hydrogens (tertiary/aromatic N) is 1. The van der Waals surface area contributed by atoms with Gasteiger partial charge in [0.25, 0.3) is 0 Å². The Labute approximate surface area is 90.4 Å². The van der Waals surface area contributed by atoms with E-state index in [1.807, 2.05) is 0 Å². The fourth-order valence-corrected chi connectivity index (χ4v) is 1.25. The Morgan fingerprint density at radius 2 is 2.00 bits per heavy atom. The minimum Gasteiger partial charge on any atom is -0.405 e. The van der Waals surface area contributed by atoms with E-state index in [4.69, 9.17) is 0 Å². The Kier molecular flexibility index (Phi) is 3.17. The molecule has 0 amide bonds. The van der Waals surface area contributed by atoms with Gasteiger partial charge in [-0.2, -0.15) is 4.39 Å². The van der Waals surface area contributed by atoms with Crippen molar-refractivity contribution in [3.63, 3.8) is 0 Å². The van der Waals surface area contributed by atoms with Crippen LogP contribution in [0.3, 0.4) is 0 Å². The van der Waals surface area contributed by atoms with Gasteiger partial charge >= 0.3 is 6.36 Å². The Balaban J connectivity index is 3.09. The molecule has 0 radical (unpaired) electrons. The highest BCUT2D eigenvalue weighted by Crippen LogP contribution is 2.27. The first-order valence-electron chi connectivity index (χ1n) is 3.38. The van der Waals surface area contributed by atoms with E-state index >= 15 is 0 Å². The summed E-state index contributed by atoms with van der Waals surface area (Å²) in [5.74, 6) is -1.52. The molecule has 1 aromatic rings. The first kappa shape index (κ1) is 11.5. The van der Waals surface area contributed by atoms with Crippen LogP contribution in [0.1, 0.15) is 5.56 Å². The number of rotatable bonds is 1. The second kappa shape index (κ2) is 3.87. The van der Waals surface area contributed by atoms with Crippen molar-refractivity contribution in [2.45, 2.75) is 13.3 Å². The van der Waals surface area contributed by atoms with Gasteiger partial charge in [-0.15, -0.1) is 13.2 Å². The molecule has 0 unspecified atom stereocenters. The maximum absolute atomic E-state index is 12.9. The van der Waals surface area contributed by atoms with E-state index in [0.717, 1.165) is 6.07 Å². The molecule has 0 aliphatic rings. The number of halogens is 5. The molecule has 0 aliphatic heterocycles. The molecule has 78 valence electrons. The summed E-state index contributed by atoms with van der Waals surface area (Å²) in [7, 11) is 0. The van der Waals surface area contributed by atoms with E-state index in [1.54, 1.807) is 22.6 Å². The Morgan fingerprint density at radius 1 is 1.43 bits per heavy atom. The highest BCUT2D eigenvalue weighted by molar-refractivity contribution is 14.1. The SMILES string of the molecule is Cc1c(OC(F)(F)F)cc(I)nc1F. The Bertz CT molecular complexity index is 352. The zero-order chi connectivity index (χ0) is 10.9. The van der Waals surface area contributed by atoms with Crippen molar-refractivity contribution >= 4 is 22.6 Å². The quantitative estimate of drug-likeness (QED) is 0.451. The van der Waals surface area contributed by atoms with E-state index in [2.05, 4.69) is 9.72 Å². The van der Waals surface area contributed by atoms with E-state index < -0.39 is 18.1 Å². The maximum Gasteiger partial charge on any atom is 0.573 e. The average molecular weight is 321 g/mol.